The normalized spacial score (nSPS) is 17.2. The summed E-state index contributed by atoms with van der Waals surface area (Å²) < 4.78 is 4.92. The van der Waals surface area contributed by atoms with Crippen LogP contribution in [0.5, 0.6) is 0 Å². The van der Waals surface area contributed by atoms with E-state index in [-0.39, 0.29) is 18.6 Å². The van der Waals surface area contributed by atoms with Crippen LogP contribution in [0.4, 0.5) is 4.79 Å². The number of ketones is 1. The van der Waals surface area contributed by atoms with Gasteiger partial charge in [0.2, 0.25) is 0 Å². The molecule has 0 atom stereocenters. The van der Waals surface area contributed by atoms with E-state index in [1.807, 2.05) is 6.92 Å². The molecule has 1 amide bonds. The summed E-state index contributed by atoms with van der Waals surface area (Å²) in [5, 5.41) is 0. The summed E-state index contributed by atoms with van der Waals surface area (Å²) in [7, 11) is 0. The van der Waals surface area contributed by atoms with Crippen LogP contribution in [0, 0.1) is 5.92 Å². The van der Waals surface area contributed by atoms with Gasteiger partial charge in [0.25, 0.3) is 0 Å². The number of ether oxygens (including phenoxy) is 1. The largest absolute Gasteiger partial charge is 0.448 e. The maximum atomic E-state index is 11.5. The van der Waals surface area contributed by atoms with Crippen molar-refractivity contribution in [3.63, 3.8) is 0 Å². The highest BCUT2D eigenvalue weighted by Crippen LogP contribution is 2.19. The fourth-order valence-electron chi connectivity index (χ4n) is 1.89. The first-order chi connectivity index (χ1) is 7.69. The highest BCUT2D eigenvalue weighted by atomic mass is 35.5. The Morgan fingerprint density at radius 3 is 2.50 bits per heavy atom. The van der Waals surface area contributed by atoms with Gasteiger partial charge in [-0.25, -0.2) is 4.79 Å². The zero-order valence-electron chi connectivity index (χ0n) is 9.58. The van der Waals surface area contributed by atoms with Gasteiger partial charge < -0.3 is 9.64 Å². The number of likely N-dealkylation sites (tertiary alicyclic amines) is 1. The smallest absolute Gasteiger partial charge is 0.409 e. The third-order valence-corrected chi connectivity index (χ3v) is 3.01. The zero-order valence-corrected chi connectivity index (χ0v) is 10.3. The second-order valence-corrected chi connectivity index (χ2v) is 4.26. The first-order valence-corrected chi connectivity index (χ1v) is 6.22. The van der Waals surface area contributed by atoms with E-state index in [9.17, 15) is 9.59 Å². The average molecular weight is 248 g/mol. The first-order valence-electron chi connectivity index (χ1n) is 5.69. The van der Waals surface area contributed by atoms with Gasteiger partial charge in [-0.1, -0.05) is 6.92 Å². The number of amides is 1. The zero-order chi connectivity index (χ0) is 12.0. The summed E-state index contributed by atoms with van der Waals surface area (Å²) in [6, 6.07) is 0. The molecule has 1 rings (SSSR count). The summed E-state index contributed by atoms with van der Waals surface area (Å²) in [4.78, 5) is 24.6. The molecule has 4 nitrogen and oxygen atoms in total. The van der Waals surface area contributed by atoms with Crippen LogP contribution in [0.3, 0.4) is 0 Å². The molecule has 92 valence electrons. The Bertz CT molecular complexity index is 250. The van der Waals surface area contributed by atoms with Gasteiger partial charge in [-0.15, -0.1) is 11.6 Å². The van der Waals surface area contributed by atoms with E-state index in [0.29, 0.717) is 31.2 Å². The number of hydrogen-bond donors (Lipinski definition) is 0. The number of carbonyl (C=O) groups excluding carboxylic acids is 2. The van der Waals surface area contributed by atoms with Gasteiger partial charge in [0, 0.05) is 25.4 Å². The van der Waals surface area contributed by atoms with Crippen molar-refractivity contribution in [1.82, 2.24) is 4.90 Å². The molecule has 0 unspecified atom stereocenters. The van der Waals surface area contributed by atoms with Gasteiger partial charge in [0.05, 0.1) is 5.88 Å². The van der Waals surface area contributed by atoms with Gasteiger partial charge in [0.1, 0.15) is 12.4 Å². The molecule has 0 saturated carbocycles. The van der Waals surface area contributed by atoms with Crippen molar-refractivity contribution in [2.45, 2.75) is 26.2 Å². The van der Waals surface area contributed by atoms with E-state index in [1.165, 1.54) is 0 Å². The minimum absolute atomic E-state index is 0.127. The number of carbonyl (C=O) groups is 2. The molecule has 1 saturated heterocycles. The molecular formula is C11H18ClNO3. The fourth-order valence-corrected chi connectivity index (χ4v) is 1.97. The average Bonchev–Trinajstić information content (AvgIpc) is 2.35. The maximum Gasteiger partial charge on any atom is 0.409 e. The Labute approximate surface area is 101 Å². The van der Waals surface area contributed by atoms with Crippen LogP contribution in [0.1, 0.15) is 26.2 Å². The Kier molecular flexibility index (Phi) is 5.60. The lowest BCUT2D eigenvalue weighted by molar-refractivity contribution is -0.123. The van der Waals surface area contributed by atoms with Gasteiger partial charge in [-0.3, -0.25) is 4.79 Å². The van der Waals surface area contributed by atoms with Crippen LogP contribution in [-0.2, 0) is 9.53 Å². The van der Waals surface area contributed by atoms with E-state index in [1.54, 1.807) is 4.90 Å². The van der Waals surface area contributed by atoms with Crippen LogP contribution in [0.25, 0.3) is 0 Å². The van der Waals surface area contributed by atoms with Gasteiger partial charge in [-0.05, 0) is 12.8 Å². The molecule has 0 bridgehead atoms. The van der Waals surface area contributed by atoms with E-state index >= 15 is 0 Å². The number of alkyl halides is 1. The molecule has 0 aliphatic carbocycles. The van der Waals surface area contributed by atoms with E-state index in [4.69, 9.17) is 16.3 Å². The molecule has 1 heterocycles. The Balaban J connectivity index is 2.31. The van der Waals surface area contributed by atoms with Gasteiger partial charge in [0.15, 0.2) is 0 Å². The molecule has 0 radical (unpaired) electrons. The highest BCUT2D eigenvalue weighted by Gasteiger charge is 2.26. The quantitative estimate of drug-likeness (QED) is 0.715. The second kappa shape index (κ2) is 6.74. The molecule has 0 spiro atoms. The summed E-state index contributed by atoms with van der Waals surface area (Å²) >= 11 is 5.43. The molecule has 1 aliphatic heterocycles. The molecule has 0 aromatic rings. The predicted molar refractivity (Wildman–Crippen MR) is 61.7 cm³/mol. The van der Waals surface area contributed by atoms with Crippen LogP contribution < -0.4 is 0 Å². The minimum Gasteiger partial charge on any atom is -0.448 e. The number of Topliss-reactive ketones (excluding diaryl/α,β-unsaturated/α-hetero) is 1. The van der Waals surface area contributed by atoms with Crippen LogP contribution in [0.2, 0.25) is 0 Å². The van der Waals surface area contributed by atoms with Gasteiger partial charge in [-0.2, -0.15) is 0 Å². The number of hydrogen-bond acceptors (Lipinski definition) is 3. The molecule has 0 aromatic carbocycles. The van der Waals surface area contributed by atoms with E-state index < -0.39 is 0 Å². The maximum absolute atomic E-state index is 11.5. The predicted octanol–water partition coefficient (Wildman–Crippen LogP) is 2.05. The molecule has 5 heteroatoms. The second-order valence-electron chi connectivity index (χ2n) is 3.88. The number of piperidine rings is 1. The monoisotopic (exact) mass is 247 g/mol. The Hall–Kier alpha value is -0.770. The molecule has 0 aromatic heterocycles. The molecule has 1 fully saturated rings. The number of nitrogens with zero attached hydrogens (tertiary/aromatic N) is 1. The fraction of sp³-hybridized carbons (Fsp3) is 0.818. The Morgan fingerprint density at radius 1 is 1.38 bits per heavy atom. The van der Waals surface area contributed by atoms with Crippen LogP contribution in [0.15, 0.2) is 0 Å². The number of rotatable bonds is 4. The third kappa shape index (κ3) is 3.67. The van der Waals surface area contributed by atoms with Gasteiger partial charge >= 0.3 is 6.09 Å². The standard InChI is InChI=1S/C11H18ClNO3/c1-2-10(14)9-3-6-13(7-4-9)11(15)16-8-5-12/h9H,2-8H2,1H3. The van der Waals surface area contributed by atoms with Crippen molar-refractivity contribution in [2.24, 2.45) is 5.92 Å². The number of halogens is 1. The molecule has 0 N–H and O–H groups in total. The van der Waals surface area contributed by atoms with Crippen molar-refractivity contribution in [3.05, 3.63) is 0 Å². The summed E-state index contributed by atoms with van der Waals surface area (Å²) in [6.45, 7) is 3.34. The lowest BCUT2D eigenvalue weighted by atomic mass is 9.91. The van der Waals surface area contributed by atoms with Crippen molar-refractivity contribution in [2.75, 3.05) is 25.6 Å². The van der Waals surface area contributed by atoms with Crippen molar-refractivity contribution < 1.29 is 14.3 Å². The van der Waals surface area contributed by atoms with Crippen molar-refractivity contribution in [3.8, 4) is 0 Å². The molecule has 16 heavy (non-hydrogen) atoms. The van der Waals surface area contributed by atoms with E-state index in [2.05, 4.69) is 0 Å². The highest BCUT2D eigenvalue weighted by molar-refractivity contribution is 6.18. The summed E-state index contributed by atoms with van der Waals surface area (Å²) in [5.74, 6) is 0.743. The van der Waals surface area contributed by atoms with Crippen molar-refractivity contribution in [1.29, 1.82) is 0 Å². The first kappa shape index (κ1) is 13.3. The molecular weight excluding hydrogens is 230 g/mol. The van der Waals surface area contributed by atoms with Crippen molar-refractivity contribution >= 4 is 23.5 Å². The van der Waals surface area contributed by atoms with Crippen LogP contribution >= 0.6 is 11.6 Å². The topological polar surface area (TPSA) is 46.6 Å². The third-order valence-electron chi connectivity index (χ3n) is 2.86. The lowest BCUT2D eigenvalue weighted by Crippen LogP contribution is -2.40. The lowest BCUT2D eigenvalue weighted by Gasteiger charge is -2.30. The molecule has 1 aliphatic rings. The SMILES string of the molecule is CCC(=O)C1CCN(C(=O)OCCCl)CC1. The van der Waals surface area contributed by atoms with Crippen LogP contribution in [-0.4, -0.2) is 42.4 Å². The van der Waals surface area contributed by atoms with E-state index in [0.717, 1.165) is 12.8 Å². The minimum atomic E-state index is -0.317. The summed E-state index contributed by atoms with van der Waals surface area (Å²) in [6.07, 6.45) is 1.77. The Morgan fingerprint density at radius 2 is 2.00 bits per heavy atom. The summed E-state index contributed by atoms with van der Waals surface area (Å²) in [5.41, 5.74) is 0.